The first-order valence-corrected chi connectivity index (χ1v) is 10.0. The fourth-order valence-electron chi connectivity index (χ4n) is 5.07. The van der Waals surface area contributed by atoms with Crippen LogP contribution in [-0.4, -0.2) is 48.8 Å². The van der Waals surface area contributed by atoms with Crippen molar-refractivity contribution in [3.8, 4) is 0 Å². The molecule has 0 aromatic heterocycles. The number of esters is 1. The van der Waals surface area contributed by atoms with E-state index in [9.17, 15) is 18.8 Å². The van der Waals surface area contributed by atoms with Crippen LogP contribution >= 0.6 is 0 Å². The predicted molar refractivity (Wildman–Crippen MR) is 105 cm³/mol. The summed E-state index contributed by atoms with van der Waals surface area (Å²) in [7, 11) is 0. The van der Waals surface area contributed by atoms with Crippen molar-refractivity contribution in [3.05, 3.63) is 11.1 Å². The van der Waals surface area contributed by atoms with E-state index in [1.807, 2.05) is 27.7 Å². The maximum Gasteiger partial charge on any atom is 0.303 e. The molecule has 0 amide bonds. The molecule has 2 aliphatic rings. The summed E-state index contributed by atoms with van der Waals surface area (Å²) < 4.78 is 31.4. The third-order valence-corrected chi connectivity index (χ3v) is 6.49. The zero-order valence-corrected chi connectivity index (χ0v) is 18.5. The molecule has 164 valence electrons. The Morgan fingerprint density at radius 1 is 1.21 bits per heavy atom. The normalized spacial score (nSPS) is 30.3. The lowest BCUT2D eigenvalue weighted by molar-refractivity contribution is -0.204. The zero-order valence-electron chi connectivity index (χ0n) is 18.5. The number of rotatable bonds is 8. The number of hydrogen-bond donors (Lipinski definition) is 0. The molecule has 0 bridgehead atoms. The molecular formula is C22H33FO6. The molecule has 0 radical (unpaired) electrons. The molecule has 4 unspecified atom stereocenters. The first kappa shape index (κ1) is 23.7. The number of hydrogen-bond acceptors (Lipinski definition) is 6. The minimum absolute atomic E-state index is 0.260. The Hall–Kier alpha value is -1.60. The molecule has 1 aliphatic heterocycles. The topological polar surface area (TPSA) is 78.9 Å². The molecule has 7 heteroatoms. The van der Waals surface area contributed by atoms with Crippen molar-refractivity contribution in [1.82, 2.24) is 0 Å². The lowest BCUT2D eigenvalue weighted by Crippen LogP contribution is -2.57. The van der Waals surface area contributed by atoms with Gasteiger partial charge in [0.25, 0.3) is 0 Å². The fourth-order valence-corrected chi connectivity index (χ4v) is 5.07. The minimum atomic E-state index is -1.35. The Balaban J connectivity index is 2.43. The van der Waals surface area contributed by atoms with Crippen LogP contribution in [0.3, 0.4) is 0 Å². The Morgan fingerprint density at radius 3 is 2.31 bits per heavy atom. The molecule has 29 heavy (non-hydrogen) atoms. The highest BCUT2D eigenvalue weighted by atomic mass is 19.1. The van der Waals surface area contributed by atoms with Crippen molar-refractivity contribution in [3.63, 3.8) is 0 Å². The van der Waals surface area contributed by atoms with Crippen LogP contribution in [0.2, 0.25) is 0 Å². The molecule has 2 rings (SSSR count). The highest BCUT2D eigenvalue weighted by Crippen LogP contribution is 2.61. The predicted octanol–water partition coefficient (Wildman–Crippen LogP) is 3.57. The lowest BCUT2D eigenvalue weighted by Gasteiger charge is -2.43. The molecule has 0 aromatic carbocycles. The molecule has 0 spiro atoms. The van der Waals surface area contributed by atoms with Crippen LogP contribution in [0, 0.1) is 17.3 Å². The second-order valence-electron chi connectivity index (χ2n) is 9.37. The summed E-state index contributed by atoms with van der Waals surface area (Å²) >= 11 is 0. The summed E-state index contributed by atoms with van der Waals surface area (Å²) in [5, 5.41) is 0. The van der Waals surface area contributed by atoms with Gasteiger partial charge in [-0.05, 0) is 57.9 Å². The number of Topliss-reactive ketones (excluding diaryl/α,β-unsaturated/α-hetero) is 1. The van der Waals surface area contributed by atoms with Crippen LogP contribution in [0.15, 0.2) is 11.1 Å². The van der Waals surface area contributed by atoms with E-state index in [-0.39, 0.29) is 11.7 Å². The van der Waals surface area contributed by atoms with Crippen molar-refractivity contribution < 1.29 is 33.0 Å². The van der Waals surface area contributed by atoms with E-state index in [2.05, 4.69) is 0 Å². The van der Waals surface area contributed by atoms with Crippen LogP contribution < -0.4 is 0 Å². The van der Waals surface area contributed by atoms with Gasteiger partial charge in [0.15, 0.2) is 18.0 Å². The smallest absolute Gasteiger partial charge is 0.303 e. The second-order valence-corrected chi connectivity index (χ2v) is 9.37. The van der Waals surface area contributed by atoms with Gasteiger partial charge in [-0.2, -0.15) is 0 Å². The Labute approximate surface area is 172 Å². The fraction of sp³-hybridized carbons (Fsp3) is 0.773. The maximum atomic E-state index is 14.1. The Kier molecular flexibility index (Phi) is 6.75. The number of carbonyl (C=O) groups excluding carboxylic acids is 3. The van der Waals surface area contributed by atoms with Gasteiger partial charge in [-0.3, -0.25) is 18.8 Å². The molecule has 4 atom stereocenters. The SMILES string of the molecule is CC(=O)OCC(=O)C12OC(C)(C)OC1CC(C(CF)CC(C=O)=C(C)C)C2(C)C. The van der Waals surface area contributed by atoms with E-state index >= 15 is 0 Å². The van der Waals surface area contributed by atoms with Crippen molar-refractivity contribution >= 4 is 18.0 Å². The first-order chi connectivity index (χ1) is 13.3. The third kappa shape index (κ3) is 4.17. The van der Waals surface area contributed by atoms with Gasteiger partial charge in [0.05, 0.1) is 12.8 Å². The van der Waals surface area contributed by atoms with Crippen LogP contribution in [0.4, 0.5) is 4.39 Å². The quantitative estimate of drug-likeness (QED) is 0.345. The van der Waals surface area contributed by atoms with Gasteiger partial charge < -0.3 is 14.2 Å². The largest absolute Gasteiger partial charge is 0.458 e. The number of ether oxygens (including phenoxy) is 3. The third-order valence-electron chi connectivity index (χ3n) is 6.49. The standard InChI is InChI=1S/C22H33FO6/c1-13(2)16(11-24)8-15(10-23)17-9-19-22(20(17,4)5,29-21(6,7)28-19)18(26)12-27-14(3)25/h11,15,17,19H,8-10,12H2,1-7H3. The van der Waals surface area contributed by atoms with E-state index in [1.54, 1.807) is 13.8 Å². The summed E-state index contributed by atoms with van der Waals surface area (Å²) in [6, 6.07) is 0. The number of allylic oxidation sites excluding steroid dienone is 2. The monoisotopic (exact) mass is 412 g/mol. The van der Waals surface area contributed by atoms with Crippen molar-refractivity contribution in [1.29, 1.82) is 0 Å². The Morgan fingerprint density at radius 2 is 1.83 bits per heavy atom. The number of alkyl halides is 1. The van der Waals surface area contributed by atoms with E-state index in [0.717, 1.165) is 11.9 Å². The van der Waals surface area contributed by atoms with Crippen molar-refractivity contribution in [2.75, 3.05) is 13.3 Å². The van der Waals surface area contributed by atoms with Gasteiger partial charge in [-0.1, -0.05) is 19.4 Å². The summed E-state index contributed by atoms with van der Waals surface area (Å²) in [6.07, 6.45) is 0.909. The van der Waals surface area contributed by atoms with Gasteiger partial charge >= 0.3 is 5.97 Å². The zero-order chi connectivity index (χ0) is 22.2. The van der Waals surface area contributed by atoms with E-state index < -0.39 is 48.1 Å². The van der Waals surface area contributed by atoms with Crippen molar-refractivity contribution in [2.45, 2.75) is 78.8 Å². The number of aldehydes is 1. The number of fused-ring (bicyclic) bond motifs is 1. The maximum absolute atomic E-state index is 14.1. The molecule has 1 aliphatic carbocycles. The van der Waals surface area contributed by atoms with Crippen LogP contribution in [0.1, 0.15) is 61.3 Å². The molecule has 1 saturated heterocycles. The lowest BCUT2D eigenvalue weighted by atomic mass is 9.65. The van der Waals surface area contributed by atoms with E-state index in [4.69, 9.17) is 14.2 Å². The Bertz CT molecular complexity index is 706. The van der Waals surface area contributed by atoms with Gasteiger partial charge in [0.2, 0.25) is 5.78 Å². The van der Waals surface area contributed by atoms with Gasteiger partial charge in [-0.15, -0.1) is 0 Å². The highest BCUT2D eigenvalue weighted by molar-refractivity contribution is 5.92. The molecule has 2 fully saturated rings. The van der Waals surface area contributed by atoms with Crippen LogP contribution in [0.5, 0.6) is 0 Å². The summed E-state index contributed by atoms with van der Waals surface area (Å²) in [5.74, 6) is -2.65. The average molecular weight is 412 g/mol. The average Bonchev–Trinajstić information content (AvgIpc) is 3.00. The van der Waals surface area contributed by atoms with Gasteiger partial charge in [0.1, 0.15) is 6.29 Å². The molecule has 1 saturated carbocycles. The molecule has 1 heterocycles. The van der Waals surface area contributed by atoms with Crippen LogP contribution in [0.25, 0.3) is 0 Å². The van der Waals surface area contributed by atoms with Gasteiger partial charge in [-0.25, -0.2) is 0 Å². The number of halogens is 1. The molecular weight excluding hydrogens is 379 g/mol. The number of carbonyl (C=O) groups is 3. The first-order valence-electron chi connectivity index (χ1n) is 10.0. The van der Waals surface area contributed by atoms with Gasteiger partial charge in [0, 0.05) is 12.3 Å². The second kappa shape index (κ2) is 8.26. The number of ketones is 1. The minimum Gasteiger partial charge on any atom is -0.458 e. The van der Waals surface area contributed by atoms with Crippen molar-refractivity contribution in [2.24, 2.45) is 17.3 Å². The van der Waals surface area contributed by atoms with E-state index in [0.29, 0.717) is 18.4 Å². The summed E-state index contributed by atoms with van der Waals surface area (Å²) in [6.45, 7) is 11.1. The van der Waals surface area contributed by atoms with E-state index in [1.165, 1.54) is 6.92 Å². The summed E-state index contributed by atoms with van der Waals surface area (Å²) in [5.41, 5.74) is -0.725. The summed E-state index contributed by atoms with van der Waals surface area (Å²) in [4.78, 5) is 35.9. The van der Waals surface area contributed by atoms with Crippen LogP contribution in [-0.2, 0) is 28.6 Å². The molecule has 0 aromatic rings. The highest BCUT2D eigenvalue weighted by Gasteiger charge is 2.72. The molecule has 6 nitrogen and oxygen atoms in total. The molecule has 0 N–H and O–H groups in total.